The van der Waals surface area contributed by atoms with Crippen molar-refractivity contribution in [3.05, 3.63) is 29.3 Å². The molecule has 0 aliphatic rings. The summed E-state index contributed by atoms with van der Waals surface area (Å²) in [6.45, 7) is 0.172. The number of anilines is 1. The molecule has 2 N–H and O–H groups in total. The molecule has 7 heteroatoms. The summed E-state index contributed by atoms with van der Waals surface area (Å²) in [6, 6.07) is 4.14. The first-order valence-electron chi connectivity index (χ1n) is 4.98. The van der Waals surface area contributed by atoms with Crippen molar-refractivity contribution in [2.24, 2.45) is 0 Å². The van der Waals surface area contributed by atoms with Gasteiger partial charge in [0.2, 0.25) is 0 Å². The van der Waals surface area contributed by atoms with E-state index in [1.165, 1.54) is 25.1 Å². The molecule has 1 rings (SSSR count). The third-order valence-electron chi connectivity index (χ3n) is 2.32. The van der Waals surface area contributed by atoms with Crippen LogP contribution < -0.4 is 5.32 Å². The Bertz CT molecular complexity index is 449. The Hall–Kier alpha value is -1.79. The lowest BCUT2D eigenvalue weighted by Crippen LogP contribution is -2.35. The molecule has 0 spiro atoms. The Labute approximate surface area is 100 Å². The lowest BCUT2D eigenvalue weighted by atomic mass is 10.1. The average Bonchev–Trinajstić information content (AvgIpc) is 2.26. The number of alkyl halides is 4. The van der Waals surface area contributed by atoms with E-state index < -0.39 is 24.9 Å². The smallest absolute Gasteiger partial charge is 0.337 e. The van der Waals surface area contributed by atoms with Crippen LogP contribution in [0.15, 0.2) is 18.2 Å². The van der Waals surface area contributed by atoms with Crippen LogP contribution in [-0.2, 0) is 0 Å². The van der Waals surface area contributed by atoms with E-state index >= 15 is 0 Å². The molecule has 0 heterocycles. The third-order valence-corrected chi connectivity index (χ3v) is 2.32. The zero-order valence-electron chi connectivity index (χ0n) is 9.38. The first kappa shape index (κ1) is 14.3. The fourth-order valence-electron chi connectivity index (χ4n) is 1.36. The van der Waals surface area contributed by atoms with Gasteiger partial charge in [-0.2, -0.15) is 8.78 Å². The summed E-state index contributed by atoms with van der Waals surface area (Å²) >= 11 is 0. The highest BCUT2D eigenvalue weighted by atomic mass is 19.3. The first-order chi connectivity index (χ1) is 8.25. The number of carboxylic acid groups (broad SMARTS) is 1. The maximum atomic E-state index is 12.7. The highest BCUT2D eigenvalue weighted by molar-refractivity contribution is 5.95. The second-order valence-corrected chi connectivity index (χ2v) is 3.72. The number of aromatic carboxylic acids is 1. The lowest BCUT2D eigenvalue weighted by Gasteiger charge is -2.18. The van der Waals surface area contributed by atoms with Gasteiger partial charge in [0.25, 0.3) is 0 Å². The monoisotopic (exact) mass is 265 g/mol. The number of halogens is 4. The van der Waals surface area contributed by atoms with Crippen LogP contribution in [0.2, 0.25) is 0 Å². The van der Waals surface area contributed by atoms with Gasteiger partial charge in [-0.3, -0.25) is 0 Å². The minimum absolute atomic E-state index is 0.0784. The van der Waals surface area contributed by atoms with Crippen molar-refractivity contribution in [1.29, 1.82) is 0 Å². The molecule has 0 unspecified atom stereocenters. The molecule has 0 aliphatic carbocycles. The number of para-hydroxylation sites is 1. The molecule has 1 aromatic rings. The van der Waals surface area contributed by atoms with E-state index in [-0.39, 0.29) is 11.3 Å². The normalized spacial score (nSPS) is 11.7. The second-order valence-electron chi connectivity index (χ2n) is 3.72. The number of rotatable bonds is 5. The Morgan fingerprint density at radius 1 is 1.44 bits per heavy atom. The van der Waals surface area contributed by atoms with Gasteiger partial charge in [-0.1, -0.05) is 12.1 Å². The van der Waals surface area contributed by atoms with Crippen LogP contribution in [0.1, 0.15) is 15.9 Å². The summed E-state index contributed by atoms with van der Waals surface area (Å²) < 4.78 is 49.4. The second kappa shape index (κ2) is 5.24. The topological polar surface area (TPSA) is 49.3 Å². The van der Waals surface area contributed by atoms with Crippen molar-refractivity contribution in [2.45, 2.75) is 19.3 Å². The van der Waals surface area contributed by atoms with Crippen molar-refractivity contribution >= 4 is 11.7 Å². The van der Waals surface area contributed by atoms with Gasteiger partial charge in [-0.05, 0) is 18.6 Å². The number of hydrogen-bond acceptors (Lipinski definition) is 2. The van der Waals surface area contributed by atoms with E-state index in [0.29, 0.717) is 5.56 Å². The maximum absolute atomic E-state index is 12.7. The van der Waals surface area contributed by atoms with Crippen LogP contribution >= 0.6 is 0 Å². The van der Waals surface area contributed by atoms with Gasteiger partial charge >= 0.3 is 18.3 Å². The predicted octanol–water partition coefficient (Wildman–Crippen LogP) is 3.01. The molecule has 0 amide bonds. The number of benzene rings is 1. The minimum Gasteiger partial charge on any atom is -0.478 e. The number of aryl methyl sites for hydroxylation is 1. The molecule has 0 radical (unpaired) electrons. The molecule has 0 saturated heterocycles. The standard InChI is InChI=1S/C11H11F4NO2/c1-6-3-2-4-7(9(17)18)8(6)16-5-11(14,15)10(12)13/h2-4,10,16H,5H2,1H3,(H,17,18). The van der Waals surface area contributed by atoms with Gasteiger partial charge in [-0.15, -0.1) is 0 Å². The molecule has 3 nitrogen and oxygen atoms in total. The highest BCUT2D eigenvalue weighted by Gasteiger charge is 2.40. The van der Waals surface area contributed by atoms with Crippen molar-refractivity contribution in [2.75, 3.05) is 11.9 Å². The van der Waals surface area contributed by atoms with Gasteiger partial charge in [0, 0.05) is 0 Å². The van der Waals surface area contributed by atoms with E-state index in [1.807, 2.05) is 0 Å². The predicted molar refractivity (Wildman–Crippen MR) is 57.6 cm³/mol. The molecule has 1 aromatic carbocycles. The van der Waals surface area contributed by atoms with Crippen LogP contribution in [0, 0.1) is 6.92 Å². The van der Waals surface area contributed by atoms with E-state index in [2.05, 4.69) is 5.32 Å². The Morgan fingerprint density at radius 3 is 2.56 bits per heavy atom. The summed E-state index contributed by atoms with van der Waals surface area (Å²) in [5.74, 6) is -5.53. The van der Waals surface area contributed by atoms with E-state index in [9.17, 15) is 22.4 Å². The summed E-state index contributed by atoms with van der Waals surface area (Å²) in [4.78, 5) is 10.9. The van der Waals surface area contributed by atoms with Crippen LogP contribution in [0.3, 0.4) is 0 Å². The summed E-state index contributed by atoms with van der Waals surface area (Å²) in [6.07, 6.45) is -3.80. The Balaban J connectivity index is 2.95. The van der Waals surface area contributed by atoms with E-state index in [4.69, 9.17) is 5.11 Å². The molecule has 0 bridgehead atoms. The largest absolute Gasteiger partial charge is 0.478 e. The summed E-state index contributed by atoms with van der Waals surface area (Å²) in [5, 5.41) is 10.9. The Kier molecular flexibility index (Phi) is 4.15. The molecular formula is C11H11F4NO2. The molecule has 0 aliphatic heterocycles. The third kappa shape index (κ3) is 3.12. The molecule has 100 valence electrons. The van der Waals surface area contributed by atoms with Crippen molar-refractivity contribution in [1.82, 2.24) is 0 Å². The molecule has 0 aromatic heterocycles. The number of nitrogens with one attached hydrogen (secondary N) is 1. The molecule has 0 atom stereocenters. The zero-order valence-corrected chi connectivity index (χ0v) is 9.38. The van der Waals surface area contributed by atoms with E-state index in [1.54, 1.807) is 0 Å². The van der Waals surface area contributed by atoms with Gasteiger partial charge in [0.05, 0.1) is 17.8 Å². The molecule has 18 heavy (non-hydrogen) atoms. The number of carbonyl (C=O) groups is 1. The fourth-order valence-corrected chi connectivity index (χ4v) is 1.36. The lowest BCUT2D eigenvalue weighted by molar-refractivity contribution is -0.117. The van der Waals surface area contributed by atoms with Crippen molar-refractivity contribution < 1.29 is 27.5 Å². The van der Waals surface area contributed by atoms with Crippen LogP contribution in [-0.4, -0.2) is 30.0 Å². The average molecular weight is 265 g/mol. The fraction of sp³-hybridized carbons (Fsp3) is 0.364. The van der Waals surface area contributed by atoms with Gasteiger partial charge in [-0.25, -0.2) is 13.6 Å². The maximum Gasteiger partial charge on any atom is 0.337 e. The molecule has 0 fully saturated rings. The number of hydrogen-bond donors (Lipinski definition) is 2. The quantitative estimate of drug-likeness (QED) is 0.804. The van der Waals surface area contributed by atoms with Crippen LogP contribution in [0.4, 0.5) is 23.2 Å². The molecule has 0 saturated carbocycles. The van der Waals surface area contributed by atoms with Gasteiger partial charge < -0.3 is 10.4 Å². The van der Waals surface area contributed by atoms with Crippen LogP contribution in [0.5, 0.6) is 0 Å². The first-order valence-corrected chi connectivity index (χ1v) is 4.98. The van der Waals surface area contributed by atoms with Crippen molar-refractivity contribution in [3.63, 3.8) is 0 Å². The summed E-state index contributed by atoms with van der Waals surface area (Å²) in [5.41, 5.74) is 0.0744. The van der Waals surface area contributed by atoms with Crippen molar-refractivity contribution in [3.8, 4) is 0 Å². The SMILES string of the molecule is Cc1cccc(C(=O)O)c1NCC(F)(F)C(F)F. The summed E-state index contributed by atoms with van der Waals surface area (Å²) in [7, 11) is 0. The minimum atomic E-state index is -4.21. The zero-order chi connectivity index (χ0) is 13.9. The van der Waals surface area contributed by atoms with Crippen LogP contribution in [0.25, 0.3) is 0 Å². The Morgan fingerprint density at radius 2 is 2.06 bits per heavy atom. The molecular weight excluding hydrogens is 254 g/mol. The highest BCUT2D eigenvalue weighted by Crippen LogP contribution is 2.26. The van der Waals surface area contributed by atoms with Gasteiger partial charge in [0.1, 0.15) is 0 Å². The van der Waals surface area contributed by atoms with E-state index in [0.717, 1.165) is 0 Å². The van der Waals surface area contributed by atoms with Gasteiger partial charge in [0.15, 0.2) is 0 Å². The number of carboxylic acids is 1.